The number of fused-ring (bicyclic) bond motifs is 1. The largest absolute Gasteiger partial charge is 0.469 e. The second kappa shape index (κ2) is 5.92. The first kappa shape index (κ1) is 14.6. The average Bonchev–Trinajstić information content (AvgIpc) is 3.28. The number of carbonyl (C=O) groups is 1. The van der Waals surface area contributed by atoms with Gasteiger partial charge in [-0.05, 0) is 30.7 Å². The van der Waals surface area contributed by atoms with Crippen molar-refractivity contribution in [3.63, 3.8) is 0 Å². The van der Waals surface area contributed by atoms with Crippen molar-refractivity contribution in [3.8, 4) is 11.4 Å². The predicted octanol–water partition coefficient (Wildman–Crippen LogP) is 1.79. The zero-order chi connectivity index (χ0) is 16.5. The van der Waals surface area contributed by atoms with Gasteiger partial charge in [0.15, 0.2) is 5.65 Å². The molecule has 3 aromatic rings. The molecular weight excluding hydrogens is 306 g/mol. The fourth-order valence-electron chi connectivity index (χ4n) is 3.05. The monoisotopic (exact) mass is 323 g/mol. The maximum atomic E-state index is 11.7. The fourth-order valence-corrected chi connectivity index (χ4v) is 3.05. The van der Waals surface area contributed by atoms with Crippen LogP contribution >= 0.6 is 0 Å². The van der Waals surface area contributed by atoms with E-state index in [9.17, 15) is 4.79 Å². The third-order valence-corrected chi connectivity index (χ3v) is 4.32. The molecular formula is C17H17N5O2. The van der Waals surface area contributed by atoms with Crippen molar-refractivity contribution in [3.05, 3.63) is 42.7 Å². The van der Waals surface area contributed by atoms with E-state index < -0.39 is 0 Å². The molecule has 0 radical (unpaired) electrons. The smallest absolute Gasteiger partial charge is 0.310 e. The highest BCUT2D eigenvalue weighted by Crippen LogP contribution is 2.24. The van der Waals surface area contributed by atoms with Gasteiger partial charge in [-0.1, -0.05) is 6.07 Å². The number of methoxy groups -OCH3 is 1. The maximum Gasteiger partial charge on any atom is 0.310 e. The normalized spacial score (nSPS) is 17.4. The summed E-state index contributed by atoms with van der Waals surface area (Å²) in [7, 11) is 1.43. The van der Waals surface area contributed by atoms with Gasteiger partial charge in [-0.2, -0.15) is 0 Å². The summed E-state index contributed by atoms with van der Waals surface area (Å²) in [6, 6.07) is 9.61. The lowest BCUT2D eigenvalue weighted by Gasteiger charge is -2.17. The first-order chi connectivity index (χ1) is 11.8. The van der Waals surface area contributed by atoms with Gasteiger partial charge < -0.3 is 9.64 Å². The standard InChI is InChI=1S/C17H17N5O2/c1-24-17(23)12-7-9-21(11-12)16-6-5-15-19-10-14(22(15)20-16)13-4-2-3-8-18-13/h2-6,8,10,12H,7,9,11H2,1H3/t12-/m1/s1. The second-order valence-corrected chi connectivity index (χ2v) is 5.77. The summed E-state index contributed by atoms with van der Waals surface area (Å²) in [6.07, 6.45) is 4.30. The van der Waals surface area contributed by atoms with Crippen LogP contribution in [0.2, 0.25) is 0 Å². The number of ether oxygens (including phenoxy) is 1. The highest BCUT2D eigenvalue weighted by Gasteiger charge is 2.30. The second-order valence-electron chi connectivity index (χ2n) is 5.77. The van der Waals surface area contributed by atoms with E-state index >= 15 is 0 Å². The molecule has 1 aliphatic heterocycles. The van der Waals surface area contributed by atoms with Crippen molar-refractivity contribution in [2.24, 2.45) is 5.92 Å². The summed E-state index contributed by atoms with van der Waals surface area (Å²) in [5.74, 6) is 0.574. The van der Waals surface area contributed by atoms with E-state index in [1.807, 2.05) is 30.3 Å². The SMILES string of the molecule is COC(=O)[C@@H]1CCN(c2ccc3ncc(-c4ccccn4)n3n2)C1. The summed E-state index contributed by atoms with van der Waals surface area (Å²) >= 11 is 0. The number of anilines is 1. The molecule has 3 aromatic heterocycles. The molecule has 1 saturated heterocycles. The molecule has 7 heteroatoms. The van der Waals surface area contributed by atoms with Crippen LogP contribution in [0.15, 0.2) is 42.7 Å². The van der Waals surface area contributed by atoms with Crippen molar-refractivity contribution in [1.82, 2.24) is 19.6 Å². The van der Waals surface area contributed by atoms with Crippen molar-refractivity contribution in [2.45, 2.75) is 6.42 Å². The average molecular weight is 323 g/mol. The van der Waals surface area contributed by atoms with Crippen LogP contribution in [0.25, 0.3) is 17.0 Å². The van der Waals surface area contributed by atoms with E-state index in [1.165, 1.54) is 7.11 Å². The summed E-state index contributed by atoms with van der Waals surface area (Å²) in [6.45, 7) is 1.41. The van der Waals surface area contributed by atoms with Crippen molar-refractivity contribution < 1.29 is 9.53 Å². The van der Waals surface area contributed by atoms with Gasteiger partial charge in [0.05, 0.1) is 24.9 Å². The molecule has 0 spiro atoms. The Hall–Kier alpha value is -2.96. The number of hydrogen-bond donors (Lipinski definition) is 0. The number of esters is 1. The molecule has 7 nitrogen and oxygen atoms in total. The topological polar surface area (TPSA) is 72.6 Å². The van der Waals surface area contributed by atoms with Crippen molar-refractivity contribution in [1.29, 1.82) is 0 Å². The number of imidazole rings is 1. The van der Waals surface area contributed by atoms with Crippen LogP contribution in [0, 0.1) is 5.92 Å². The lowest BCUT2D eigenvalue weighted by molar-refractivity contribution is -0.144. The molecule has 122 valence electrons. The number of carbonyl (C=O) groups excluding carboxylic acids is 1. The Labute approximate surface area is 138 Å². The van der Waals surface area contributed by atoms with Gasteiger partial charge in [0.25, 0.3) is 0 Å². The number of nitrogens with zero attached hydrogens (tertiary/aromatic N) is 5. The zero-order valence-corrected chi connectivity index (χ0v) is 13.3. The Balaban J connectivity index is 1.67. The van der Waals surface area contributed by atoms with Crippen LogP contribution in [-0.2, 0) is 9.53 Å². The lowest BCUT2D eigenvalue weighted by atomic mass is 10.1. The molecule has 4 heterocycles. The molecule has 0 saturated carbocycles. The van der Waals surface area contributed by atoms with Crippen LogP contribution in [-0.4, -0.2) is 45.8 Å². The van der Waals surface area contributed by atoms with Crippen LogP contribution in [0.5, 0.6) is 0 Å². The zero-order valence-electron chi connectivity index (χ0n) is 13.3. The van der Waals surface area contributed by atoms with Gasteiger partial charge in [0, 0.05) is 19.3 Å². The quantitative estimate of drug-likeness (QED) is 0.684. The van der Waals surface area contributed by atoms with Gasteiger partial charge in [-0.15, -0.1) is 5.10 Å². The first-order valence-electron chi connectivity index (χ1n) is 7.85. The number of rotatable bonds is 3. The molecule has 24 heavy (non-hydrogen) atoms. The van der Waals surface area contributed by atoms with E-state index in [-0.39, 0.29) is 11.9 Å². The Morgan fingerprint density at radius 1 is 1.25 bits per heavy atom. The van der Waals surface area contributed by atoms with Crippen molar-refractivity contribution >= 4 is 17.4 Å². The molecule has 0 aromatic carbocycles. The first-order valence-corrected chi connectivity index (χ1v) is 7.85. The summed E-state index contributed by atoms with van der Waals surface area (Å²) in [5.41, 5.74) is 2.43. The Bertz CT molecular complexity index is 877. The number of hydrogen-bond acceptors (Lipinski definition) is 6. The molecule has 0 aliphatic carbocycles. The highest BCUT2D eigenvalue weighted by molar-refractivity contribution is 5.74. The third-order valence-electron chi connectivity index (χ3n) is 4.32. The Morgan fingerprint density at radius 2 is 2.17 bits per heavy atom. The van der Waals surface area contributed by atoms with Crippen LogP contribution < -0.4 is 4.90 Å². The summed E-state index contributed by atoms with van der Waals surface area (Å²) < 4.78 is 6.64. The molecule has 4 rings (SSSR count). The van der Waals surface area contributed by atoms with Crippen LogP contribution in [0.1, 0.15) is 6.42 Å². The molecule has 1 atom stereocenters. The Morgan fingerprint density at radius 3 is 2.96 bits per heavy atom. The predicted molar refractivity (Wildman–Crippen MR) is 88.6 cm³/mol. The van der Waals surface area contributed by atoms with Gasteiger partial charge in [0.1, 0.15) is 11.5 Å². The van der Waals surface area contributed by atoms with Gasteiger partial charge in [-0.3, -0.25) is 9.78 Å². The van der Waals surface area contributed by atoms with Crippen LogP contribution in [0.3, 0.4) is 0 Å². The summed E-state index contributed by atoms with van der Waals surface area (Å²) in [4.78, 5) is 22.6. The van der Waals surface area contributed by atoms with E-state index in [4.69, 9.17) is 9.84 Å². The van der Waals surface area contributed by atoms with Gasteiger partial charge in [0.2, 0.25) is 0 Å². The van der Waals surface area contributed by atoms with E-state index in [0.29, 0.717) is 6.54 Å². The van der Waals surface area contributed by atoms with Crippen LogP contribution in [0.4, 0.5) is 5.82 Å². The minimum atomic E-state index is -0.157. The fraction of sp³-hybridized carbons (Fsp3) is 0.294. The lowest BCUT2D eigenvalue weighted by Crippen LogP contribution is -2.24. The molecule has 0 amide bonds. The van der Waals surface area contributed by atoms with Gasteiger partial charge >= 0.3 is 5.97 Å². The number of aromatic nitrogens is 4. The molecule has 0 unspecified atom stereocenters. The molecule has 0 bridgehead atoms. The minimum absolute atomic E-state index is 0.0921. The summed E-state index contributed by atoms with van der Waals surface area (Å²) in [5, 5.41) is 4.70. The highest BCUT2D eigenvalue weighted by atomic mass is 16.5. The molecule has 1 fully saturated rings. The maximum absolute atomic E-state index is 11.7. The Kier molecular flexibility index (Phi) is 3.60. The molecule has 0 N–H and O–H groups in total. The van der Waals surface area contributed by atoms with Crippen molar-refractivity contribution in [2.75, 3.05) is 25.1 Å². The minimum Gasteiger partial charge on any atom is -0.469 e. The van der Waals surface area contributed by atoms with Gasteiger partial charge in [-0.25, -0.2) is 9.50 Å². The van der Waals surface area contributed by atoms with E-state index in [0.717, 1.165) is 35.8 Å². The molecule has 1 aliphatic rings. The van der Waals surface area contributed by atoms with E-state index in [2.05, 4.69) is 14.9 Å². The number of pyridine rings is 1. The third kappa shape index (κ3) is 2.47. The van der Waals surface area contributed by atoms with E-state index in [1.54, 1.807) is 16.9 Å².